The van der Waals surface area contributed by atoms with Crippen molar-refractivity contribution in [2.45, 2.75) is 229 Å². The third kappa shape index (κ3) is 19.6. The number of nitrogens with one attached hydrogen (secondary N) is 3. The molecule has 6 aliphatic rings. The van der Waals surface area contributed by atoms with E-state index in [0.717, 1.165) is 55.1 Å². The molecular weight excluding hydrogens is 1370 g/mol. The summed E-state index contributed by atoms with van der Waals surface area (Å²) in [5.74, 6) is -9.03. The van der Waals surface area contributed by atoms with E-state index in [1.54, 1.807) is 32.9 Å². The van der Waals surface area contributed by atoms with Crippen LogP contribution >= 0.6 is 0 Å². The highest BCUT2D eigenvalue weighted by Crippen LogP contribution is 2.40. The fraction of sp³-hybridized carbons (Fsp3) is 0.667. The van der Waals surface area contributed by atoms with Gasteiger partial charge in [0.25, 0.3) is 0 Å². The second-order valence-corrected chi connectivity index (χ2v) is 30.6. The van der Waals surface area contributed by atoms with Crippen LogP contribution in [0.25, 0.3) is 0 Å². The number of alkyl halides is 3. The SMILES string of the molecule is CCO[C@@H]1C[C@H]2C(=O)NC3(CCC3)C(=O)N(C)[C@@H](C3CCCC3)C(=O)N(C)[C@H](C(=O)N(C)C)CC(=O)N(C)C(CC3CCCC3)C(=O)NC([C@@H](C)CC)C(=O)N(C)CC(=O)N(C)C3C=CCCN(C3=O)[C@@H](Cc3ccc(C)cc3)C(=O)N(C)CC(=O)N[C@@H](CCc3ccc(C(F)(F)F)c(CC)c3)C(=O)N2C1. The van der Waals surface area contributed by atoms with E-state index in [4.69, 9.17) is 4.74 Å². The maximum absolute atomic E-state index is 15.6. The Balaban J connectivity index is 1.21. The summed E-state index contributed by atoms with van der Waals surface area (Å²) in [5.41, 5.74) is -0.418. The van der Waals surface area contributed by atoms with Gasteiger partial charge in [-0.1, -0.05) is 120 Å². The first-order chi connectivity index (χ1) is 50.1. The summed E-state index contributed by atoms with van der Waals surface area (Å²) in [6.07, 6.45) is 4.49. The molecule has 2 aromatic carbocycles. The highest BCUT2D eigenvalue weighted by atomic mass is 19.4. The molecule has 2 bridgehead atoms. The van der Waals surface area contributed by atoms with Crippen molar-refractivity contribution in [1.29, 1.82) is 0 Å². The lowest BCUT2D eigenvalue weighted by molar-refractivity contribution is -0.158. The van der Waals surface area contributed by atoms with Crippen molar-refractivity contribution in [3.63, 3.8) is 0 Å². The van der Waals surface area contributed by atoms with E-state index in [0.29, 0.717) is 36.8 Å². The highest BCUT2D eigenvalue weighted by molar-refractivity contribution is 6.01. The number of benzene rings is 2. The molecule has 1 spiro atoms. The van der Waals surface area contributed by atoms with E-state index in [-0.39, 0.29) is 89.0 Å². The Morgan fingerprint density at radius 3 is 1.94 bits per heavy atom. The molecule has 3 heterocycles. The Morgan fingerprint density at radius 2 is 1.34 bits per heavy atom. The first-order valence-corrected chi connectivity index (χ1v) is 38.0. The van der Waals surface area contributed by atoms with E-state index in [1.807, 2.05) is 38.1 Å². The molecule has 3 unspecified atom stereocenters. The molecule has 584 valence electrons. The molecule has 8 rings (SSSR count). The van der Waals surface area contributed by atoms with Crippen LogP contribution in [0.5, 0.6) is 0 Å². The highest BCUT2D eigenvalue weighted by Gasteiger charge is 2.54. The van der Waals surface area contributed by atoms with Crippen LogP contribution in [0.2, 0.25) is 0 Å². The molecule has 3 N–H and O–H groups in total. The van der Waals surface area contributed by atoms with Crippen molar-refractivity contribution in [3.8, 4) is 0 Å². The summed E-state index contributed by atoms with van der Waals surface area (Å²) in [6.45, 7) is 7.61. The molecule has 5 fully saturated rings. The van der Waals surface area contributed by atoms with Crippen molar-refractivity contribution in [2.75, 3.05) is 89.2 Å². The van der Waals surface area contributed by atoms with Gasteiger partial charge >= 0.3 is 6.18 Å². The number of hydrogen-bond donors (Lipinski definition) is 3. The fourth-order valence-corrected chi connectivity index (χ4v) is 16.2. The van der Waals surface area contributed by atoms with Gasteiger partial charge in [0.1, 0.15) is 53.9 Å². The van der Waals surface area contributed by atoms with Gasteiger partial charge in [-0.2, -0.15) is 13.2 Å². The lowest BCUT2D eigenvalue weighted by atomic mass is 9.74. The molecule has 3 aliphatic heterocycles. The van der Waals surface area contributed by atoms with Crippen molar-refractivity contribution in [2.24, 2.45) is 17.8 Å². The summed E-state index contributed by atoms with van der Waals surface area (Å²) in [4.78, 5) is 193. The number of likely N-dealkylation sites (N-methyl/N-ethyl adjacent to an activating group) is 7. The Morgan fingerprint density at radius 1 is 0.698 bits per heavy atom. The predicted molar refractivity (Wildman–Crippen MR) is 390 cm³/mol. The van der Waals surface area contributed by atoms with E-state index >= 15 is 38.4 Å². The second-order valence-electron chi connectivity index (χ2n) is 30.6. The average molecular weight is 1480 g/mol. The standard InChI is InChI=1S/C78H113F3N12O13/c1-14-49(5)66-74(103)87(9)47-65(96)88(10)58-28-21-22-39-92(73(58)102)62(42-52-31-29-48(4)30-32-52)72(101)86(8)46-63(94)82-57(36-34-51-33-35-56(78(79,80)81)53(15-2)40-51)70(99)93-45-55(106-16-3)43-60(93)69(98)84-77(37-23-38-77)76(105)91(13)67(54-26-19-20-27-54)75(104)90(12)61(71(100)85(6)7)44-64(95)89(11)59(68(97)83-66)41-50-24-17-18-25-50/h21,28-33,35,40,49-50,54-55,57-62,66-67H,14-20,22-27,34,36-39,41-47H2,1-13H3,(H,82,94)(H,83,97)(H,84,98)/t49-,55+,57-,58?,59?,60-,61-,62-,66?,67-/m0/s1. The van der Waals surface area contributed by atoms with Crippen LogP contribution in [0.1, 0.15) is 165 Å². The molecule has 0 radical (unpaired) electrons. The van der Waals surface area contributed by atoms with Gasteiger partial charge in [-0.15, -0.1) is 0 Å². The first-order valence-electron chi connectivity index (χ1n) is 38.0. The summed E-state index contributed by atoms with van der Waals surface area (Å²) in [6, 6.07) is 0.570. The Bertz CT molecular complexity index is 3560. The van der Waals surface area contributed by atoms with Crippen LogP contribution in [0.4, 0.5) is 13.2 Å². The van der Waals surface area contributed by atoms with Crippen LogP contribution in [-0.4, -0.2) is 264 Å². The van der Waals surface area contributed by atoms with E-state index < -0.39 is 174 Å². The van der Waals surface area contributed by atoms with E-state index in [2.05, 4.69) is 16.0 Å². The summed E-state index contributed by atoms with van der Waals surface area (Å²) in [5, 5.41) is 8.81. The second kappa shape index (κ2) is 36.4. The van der Waals surface area contributed by atoms with E-state index in [1.165, 1.54) is 108 Å². The van der Waals surface area contributed by atoms with Crippen LogP contribution in [-0.2, 0) is 87.7 Å². The first kappa shape index (κ1) is 83.2. The van der Waals surface area contributed by atoms with E-state index in [9.17, 15) is 32.3 Å². The minimum absolute atomic E-state index is 0.000561. The quantitative estimate of drug-likeness (QED) is 0.199. The third-order valence-electron chi connectivity index (χ3n) is 23.1. The zero-order valence-electron chi connectivity index (χ0n) is 64.3. The lowest BCUT2D eigenvalue weighted by Gasteiger charge is -2.46. The maximum atomic E-state index is 15.6. The molecule has 28 heteroatoms. The van der Waals surface area contributed by atoms with Crippen LogP contribution in [0.3, 0.4) is 0 Å². The van der Waals surface area contributed by atoms with Crippen LogP contribution in [0.15, 0.2) is 54.6 Å². The number of halogens is 3. The number of fused-ring (bicyclic) bond motifs is 3. The van der Waals surface area contributed by atoms with Gasteiger partial charge in [0, 0.05) is 88.9 Å². The van der Waals surface area contributed by atoms with Crippen molar-refractivity contribution in [3.05, 3.63) is 82.4 Å². The van der Waals surface area contributed by atoms with Crippen molar-refractivity contribution < 1.29 is 75.4 Å². The summed E-state index contributed by atoms with van der Waals surface area (Å²) >= 11 is 0. The molecule has 3 saturated carbocycles. The number of nitrogens with zero attached hydrogens (tertiary/aromatic N) is 9. The third-order valence-corrected chi connectivity index (χ3v) is 23.1. The maximum Gasteiger partial charge on any atom is 0.416 e. The minimum atomic E-state index is -4.65. The Hall–Kier alpha value is -8.43. The van der Waals surface area contributed by atoms with Gasteiger partial charge < -0.3 is 64.8 Å². The molecule has 25 nitrogen and oxygen atoms in total. The Labute approximate surface area is 622 Å². The van der Waals surface area contributed by atoms with Crippen molar-refractivity contribution >= 4 is 70.9 Å². The van der Waals surface area contributed by atoms with Gasteiger partial charge in [-0.3, -0.25) is 57.5 Å². The molecule has 12 amide bonds. The molecule has 3 aliphatic carbocycles. The van der Waals surface area contributed by atoms with Crippen LogP contribution < -0.4 is 16.0 Å². The molecule has 2 aromatic rings. The van der Waals surface area contributed by atoms with Gasteiger partial charge in [0.05, 0.1) is 31.2 Å². The monoisotopic (exact) mass is 1480 g/mol. The molecular formula is C78H113F3N12O13. The van der Waals surface area contributed by atoms with Crippen LogP contribution in [0, 0.1) is 24.7 Å². The number of amides is 12. The van der Waals surface area contributed by atoms with Gasteiger partial charge in [0.15, 0.2) is 0 Å². The van der Waals surface area contributed by atoms with Gasteiger partial charge in [0.2, 0.25) is 70.9 Å². The molecule has 106 heavy (non-hydrogen) atoms. The summed E-state index contributed by atoms with van der Waals surface area (Å²) < 4.78 is 48.8. The number of aryl methyl sites for hydroxylation is 3. The zero-order chi connectivity index (χ0) is 77.8. The Kier molecular flexibility index (Phi) is 28.6. The van der Waals surface area contributed by atoms with Gasteiger partial charge in [-0.05, 0) is 119 Å². The van der Waals surface area contributed by atoms with Gasteiger partial charge in [-0.25, -0.2) is 0 Å². The zero-order valence-corrected chi connectivity index (χ0v) is 64.3. The largest absolute Gasteiger partial charge is 0.416 e. The molecule has 2 saturated heterocycles. The number of ether oxygens (including phenoxy) is 1. The molecule has 0 aromatic heterocycles. The summed E-state index contributed by atoms with van der Waals surface area (Å²) in [7, 11) is 11.5. The lowest BCUT2D eigenvalue weighted by Crippen LogP contribution is -2.68. The molecule has 10 atom stereocenters. The fourth-order valence-electron chi connectivity index (χ4n) is 16.2. The smallest absolute Gasteiger partial charge is 0.377 e. The van der Waals surface area contributed by atoms with Crippen molar-refractivity contribution in [1.82, 2.24) is 60.0 Å². The predicted octanol–water partition coefficient (Wildman–Crippen LogP) is 5.46. The number of rotatable bonds is 14. The normalized spacial score (nSPS) is 26.6. The number of hydrogen-bond acceptors (Lipinski definition) is 13. The number of carbonyl (C=O) groups excluding carboxylic acids is 12. The number of carbonyl (C=O) groups is 12. The minimum Gasteiger partial charge on any atom is -0.377 e. The topological polar surface area (TPSA) is 279 Å². The average Bonchev–Trinajstić information content (AvgIpc) is 1.25.